The highest BCUT2D eigenvalue weighted by atomic mass is 19.4. The fourth-order valence-corrected chi connectivity index (χ4v) is 1.56. The predicted molar refractivity (Wildman–Crippen MR) is 43.6 cm³/mol. The first-order valence-corrected chi connectivity index (χ1v) is 4.02. The maximum absolute atomic E-state index is 12.5. The zero-order valence-corrected chi connectivity index (χ0v) is 7.06. The molecule has 0 atom stereocenters. The molecule has 1 aliphatic rings. The first-order chi connectivity index (χ1) is 5.77. The third-order valence-electron chi connectivity index (χ3n) is 2.71. The summed E-state index contributed by atoms with van der Waals surface area (Å²) in [5, 5.41) is 6.70. The minimum atomic E-state index is -4.37. The van der Waals surface area contributed by atoms with Crippen molar-refractivity contribution in [3.8, 4) is 0 Å². The van der Waals surface area contributed by atoms with Crippen molar-refractivity contribution in [2.45, 2.75) is 30.7 Å². The number of alkyl halides is 3. The van der Waals surface area contributed by atoms with Gasteiger partial charge in [-0.2, -0.15) is 13.2 Å². The summed E-state index contributed by atoms with van der Waals surface area (Å²) in [5.41, 5.74) is -1.97. The van der Waals surface area contributed by atoms with Crippen LogP contribution >= 0.6 is 0 Å². The Morgan fingerprint density at radius 3 is 1.92 bits per heavy atom. The van der Waals surface area contributed by atoms with Crippen LogP contribution in [0.25, 0.3) is 0 Å². The van der Waals surface area contributed by atoms with Crippen molar-refractivity contribution in [2.75, 3.05) is 6.61 Å². The standard InChI is InChI=1S/C7H9B2F3O/c8-6(9,3-4-13)5(1-2-5)7(10,11)12/h13H,1-4H2. The van der Waals surface area contributed by atoms with E-state index in [1.807, 2.05) is 0 Å². The van der Waals surface area contributed by atoms with Gasteiger partial charge in [-0.1, -0.05) is 5.21 Å². The van der Waals surface area contributed by atoms with Gasteiger partial charge in [0, 0.05) is 6.61 Å². The Balaban J connectivity index is 2.81. The first kappa shape index (κ1) is 11.0. The summed E-state index contributed by atoms with van der Waals surface area (Å²) < 4.78 is 37.4. The molecule has 1 aliphatic carbocycles. The maximum Gasteiger partial charge on any atom is 0.393 e. The predicted octanol–water partition coefficient (Wildman–Crippen LogP) is 1.16. The molecule has 0 heterocycles. The highest BCUT2D eigenvalue weighted by molar-refractivity contribution is 6.40. The molecule has 1 nitrogen and oxygen atoms in total. The highest BCUT2D eigenvalue weighted by Gasteiger charge is 2.68. The lowest BCUT2D eigenvalue weighted by Crippen LogP contribution is -2.38. The molecule has 0 saturated heterocycles. The second-order valence-corrected chi connectivity index (χ2v) is 3.59. The summed E-state index contributed by atoms with van der Waals surface area (Å²) >= 11 is 0. The monoisotopic (exact) mass is 188 g/mol. The summed E-state index contributed by atoms with van der Waals surface area (Å²) in [6.45, 7) is -0.426. The summed E-state index contributed by atoms with van der Waals surface area (Å²) in [5.74, 6) is 0. The number of hydrogen-bond donors (Lipinski definition) is 1. The molecule has 0 bridgehead atoms. The van der Waals surface area contributed by atoms with E-state index in [0.29, 0.717) is 0 Å². The molecule has 0 aliphatic heterocycles. The van der Waals surface area contributed by atoms with Crippen molar-refractivity contribution in [3.05, 3.63) is 0 Å². The van der Waals surface area contributed by atoms with E-state index in [1.54, 1.807) is 0 Å². The number of hydrogen-bond acceptors (Lipinski definition) is 1. The van der Waals surface area contributed by atoms with Crippen LogP contribution in [-0.2, 0) is 0 Å². The van der Waals surface area contributed by atoms with Gasteiger partial charge in [-0.05, 0) is 19.3 Å². The van der Waals surface area contributed by atoms with Gasteiger partial charge < -0.3 is 5.11 Å². The highest BCUT2D eigenvalue weighted by Crippen LogP contribution is 2.69. The van der Waals surface area contributed by atoms with Crippen LogP contribution in [0.2, 0.25) is 5.21 Å². The van der Waals surface area contributed by atoms with E-state index >= 15 is 0 Å². The van der Waals surface area contributed by atoms with Crippen molar-refractivity contribution in [3.63, 3.8) is 0 Å². The average Bonchev–Trinajstić information content (AvgIpc) is 2.61. The SMILES string of the molecule is [B]C([B])(CCO)C1(C(F)(F)F)CC1. The molecule has 70 valence electrons. The fraction of sp³-hybridized carbons (Fsp3) is 1.00. The van der Waals surface area contributed by atoms with E-state index in [1.165, 1.54) is 0 Å². The third-order valence-corrected chi connectivity index (χ3v) is 2.71. The Hall–Kier alpha value is -0.120. The van der Waals surface area contributed by atoms with Gasteiger partial charge in [-0.3, -0.25) is 0 Å². The number of aliphatic hydroxyl groups is 1. The number of halogens is 3. The zero-order valence-electron chi connectivity index (χ0n) is 7.06. The summed E-state index contributed by atoms with van der Waals surface area (Å²) in [6, 6.07) is 0. The summed E-state index contributed by atoms with van der Waals surface area (Å²) in [6.07, 6.45) is -4.68. The van der Waals surface area contributed by atoms with Gasteiger partial charge in [-0.15, -0.1) is 0 Å². The van der Waals surface area contributed by atoms with Crippen LogP contribution in [0.3, 0.4) is 0 Å². The van der Waals surface area contributed by atoms with E-state index in [-0.39, 0.29) is 19.3 Å². The van der Waals surface area contributed by atoms with E-state index < -0.39 is 23.4 Å². The van der Waals surface area contributed by atoms with E-state index in [0.717, 1.165) is 0 Å². The van der Waals surface area contributed by atoms with Crippen LogP contribution in [0.1, 0.15) is 19.3 Å². The van der Waals surface area contributed by atoms with Gasteiger partial charge in [0.1, 0.15) is 0 Å². The second kappa shape index (κ2) is 2.94. The normalized spacial score (nSPS) is 21.5. The van der Waals surface area contributed by atoms with Crippen molar-refractivity contribution in [2.24, 2.45) is 5.41 Å². The van der Waals surface area contributed by atoms with Crippen LogP contribution in [0, 0.1) is 5.41 Å². The van der Waals surface area contributed by atoms with Crippen LogP contribution in [-0.4, -0.2) is 33.6 Å². The fourth-order valence-electron chi connectivity index (χ4n) is 1.56. The smallest absolute Gasteiger partial charge is 0.393 e. The van der Waals surface area contributed by atoms with Crippen molar-refractivity contribution in [1.82, 2.24) is 0 Å². The molecule has 6 heteroatoms. The van der Waals surface area contributed by atoms with E-state index in [2.05, 4.69) is 0 Å². The first-order valence-electron chi connectivity index (χ1n) is 4.02. The van der Waals surface area contributed by atoms with Crippen LogP contribution in [0.5, 0.6) is 0 Å². The third kappa shape index (κ3) is 1.60. The molecule has 0 aromatic heterocycles. The lowest BCUT2D eigenvalue weighted by molar-refractivity contribution is -0.193. The largest absolute Gasteiger partial charge is 0.396 e. The van der Waals surface area contributed by atoms with E-state index in [4.69, 9.17) is 20.8 Å². The topological polar surface area (TPSA) is 20.2 Å². The van der Waals surface area contributed by atoms with Crippen molar-refractivity contribution < 1.29 is 18.3 Å². The van der Waals surface area contributed by atoms with E-state index in [9.17, 15) is 13.2 Å². The van der Waals surface area contributed by atoms with Crippen LogP contribution < -0.4 is 0 Å². The molecule has 1 fully saturated rings. The number of rotatable bonds is 3. The Bertz CT molecular complexity index is 198. The molecular weight excluding hydrogens is 179 g/mol. The minimum Gasteiger partial charge on any atom is -0.396 e. The Kier molecular flexibility index (Phi) is 2.48. The molecule has 0 spiro atoms. The van der Waals surface area contributed by atoms with Gasteiger partial charge in [0.15, 0.2) is 0 Å². The lowest BCUT2D eigenvalue weighted by Gasteiger charge is -2.36. The summed E-state index contributed by atoms with van der Waals surface area (Å²) in [7, 11) is 10.7. The lowest BCUT2D eigenvalue weighted by atomic mass is 9.45. The Morgan fingerprint density at radius 2 is 1.69 bits per heavy atom. The van der Waals surface area contributed by atoms with Gasteiger partial charge in [0.05, 0.1) is 21.1 Å². The Morgan fingerprint density at radius 1 is 1.23 bits per heavy atom. The minimum absolute atomic E-state index is 0.0382. The quantitative estimate of drug-likeness (QED) is 0.658. The summed E-state index contributed by atoms with van der Waals surface area (Å²) in [4.78, 5) is 0. The van der Waals surface area contributed by atoms with Crippen molar-refractivity contribution in [1.29, 1.82) is 0 Å². The molecule has 4 radical (unpaired) electrons. The second-order valence-electron chi connectivity index (χ2n) is 3.59. The molecule has 0 aromatic rings. The molecule has 1 rings (SSSR count). The maximum atomic E-state index is 12.5. The molecule has 0 amide bonds. The van der Waals surface area contributed by atoms with Gasteiger partial charge in [0.25, 0.3) is 0 Å². The molecular formula is C7H9B2F3O. The number of aliphatic hydroxyl groups excluding tert-OH is 1. The molecule has 0 aromatic carbocycles. The molecule has 1 saturated carbocycles. The van der Waals surface area contributed by atoms with Gasteiger partial charge in [0.2, 0.25) is 0 Å². The Labute approximate surface area is 77.5 Å². The van der Waals surface area contributed by atoms with Crippen LogP contribution in [0.15, 0.2) is 0 Å². The van der Waals surface area contributed by atoms with Crippen LogP contribution in [0.4, 0.5) is 13.2 Å². The van der Waals surface area contributed by atoms with Crippen molar-refractivity contribution >= 4 is 15.7 Å². The van der Waals surface area contributed by atoms with Gasteiger partial charge >= 0.3 is 6.18 Å². The molecule has 0 unspecified atom stereocenters. The van der Waals surface area contributed by atoms with Gasteiger partial charge in [-0.25, -0.2) is 0 Å². The molecule has 13 heavy (non-hydrogen) atoms. The average molecular weight is 188 g/mol. The zero-order chi connectivity index (χ0) is 10.3. The molecule has 1 N–H and O–H groups in total.